The lowest BCUT2D eigenvalue weighted by Crippen LogP contribution is -2.49. The summed E-state index contributed by atoms with van der Waals surface area (Å²) >= 11 is 0. The molecule has 23 heavy (non-hydrogen) atoms. The van der Waals surface area contributed by atoms with E-state index in [1.54, 1.807) is 12.4 Å². The van der Waals surface area contributed by atoms with Gasteiger partial charge in [-0.15, -0.1) is 0 Å². The van der Waals surface area contributed by atoms with E-state index in [1.807, 2.05) is 12.1 Å². The van der Waals surface area contributed by atoms with Gasteiger partial charge < -0.3 is 9.64 Å². The Kier molecular flexibility index (Phi) is 4.23. The van der Waals surface area contributed by atoms with Crippen LogP contribution in [-0.2, 0) is 4.79 Å². The number of fused-ring (bicyclic) bond motifs is 2. The van der Waals surface area contributed by atoms with Crippen molar-refractivity contribution in [2.45, 2.75) is 76.0 Å². The van der Waals surface area contributed by atoms with Crippen molar-refractivity contribution in [3.8, 4) is 5.75 Å². The van der Waals surface area contributed by atoms with Crippen LogP contribution in [0.25, 0.3) is 0 Å². The number of amides is 1. The third-order valence-corrected chi connectivity index (χ3v) is 5.85. The Morgan fingerprint density at radius 3 is 2.57 bits per heavy atom. The van der Waals surface area contributed by atoms with Crippen molar-refractivity contribution in [2.75, 3.05) is 0 Å². The summed E-state index contributed by atoms with van der Waals surface area (Å²) in [5, 5.41) is 0. The van der Waals surface area contributed by atoms with Crippen molar-refractivity contribution in [2.24, 2.45) is 5.92 Å². The van der Waals surface area contributed by atoms with Gasteiger partial charge in [0, 0.05) is 37.5 Å². The highest BCUT2D eigenvalue weighted by Crippen LogP contribution is 2.39. The second kappa shape index (κ2) is 6.50. The van der Waals surface area contributed by atoms with E-state index in [1.165, 1.54) is 25.7 Å². The molecule has 3 fully saturated rings. The van der Waals surface area contributed by atoms with Crippen LogP contribution < -0.4 is 4.74 Å². The van der Waals surface area contributed by atoms with Crippen LogP contribution in [0.5, 0.6) is 5.75 Å². The Balaban J connectivity index is 1.37. The summed E-state index contributed by atoms with van der Waals surface area (Å²) < 4.78 is 6.10. The minimum atomic E-state index is 0.229. The molecule has 4 nitrogen and oxygen atoms in total. The molecule has 0 N–H and O–H groups in total. The SMILES string of the molecule is O=C(CC1CCCC1)N1C2CCC1CC(Oc1cccnc1)C2. The zero-order valence-corrected chi connectivity index (χ0v) is 13.7. The van der Waals surface area contributed by atoms with Crippen LogP contribution in [0, 0.1) is 5.92 Å². The van der Waals surface area contributed by atoms with Gasteiger partial charge >= 0.3 is 0 Å². The Bertz CT molecular complexity index is 528. The first-order chi connectivity index (χ1) is 11.3. The molecular formula is C19H26N2O2. The quantitative estimate of drug-likeness (QED) is 0.853. The average molecular weight is 314 g/mol. The smallest absolute Gasteiger partial charge is 0.223 e. The van der Waals surface area contributed by atoms with E-state index in [0.717, 1.165) is 37.9 Å². The topological polar surface area (TPSA) is 42.4 Å². The summed E-state index contributed by atoms with van der Waals surface area (Å²) in [6.45, 7) is 0. The number of pyridine rings is 1. The van der Waals surface area contributed by atoms with Gasteiger partial charge in [-0.25, -0.2) is 0 Å². The minimum Gasteiger partial charge on any atom is -0.489 e. The Morgan fingerprint density at radius 1 is 1.17 bits per heavy atom. The normalized spacial score (nSPS) is 30.6. The molecule has 3 aliphatic rings. The van der Waals surface area contributed by atoms with E-state index in [4.69, 9.17) is 4.74 Å². The zero-order chi connectivity index (χ0) is 15.6. The summed E-state index contributed by atoms with van der Waals surface area (Å²) in [5.74, 6) is 1.90. The van der Waals surface area contributed by atoms with Gasteiger partial charge in [-0.05, 0) is 43.7 Å². The molecule has 2 saturated heterocycles. The highest BCUT2D eigenvalue weighted by molar-refractivity contribution is 5.77. The van der Waals surface area contributed by atoms with Crippen molar-refractivity contribution in [1.82, 2.24) is 9.88 Å². The molecule has 1 amide bonds. The minimum absolute atomic E-state index is 0.229. The molecule has 1 aromatic rings. The molecule has 2 atom stereocenters. The Hall–Kier alpha value is -1.58. The first-order valence-electron chi connectivity index (χ1n) is 9.17. The summed E-state index contributed by atoms with van der Waals surface area (Å²) in [4.78, 5) is 19.1. The van der Waals surface area contributed by atoms with Crippen molar-refractivity contribution in [1.29, 1.82) is 0 Å². The third-order valence-electron chi connectivity index (χ3n) is 5.85. The number of hydrogen-bond acceptors (Lipinski definition) is 3. The van der Waals surface area contributed by atoms with Crippen LogP contribution in [0.3, 0.4) is 0 Å². The van der Waals surface area contributed by atoms with E-state index in [0.29, 0.717) is 23.9 Å². The average Bonchev–Trinajstić information content (AvgIpc) is 3.15. The molecule has 4 heteroatoms. The van der Waals surface area contributed by atoms with E-state index in [-0.39, 0.29) is 6.10 Å². The fourth-order valence-electron chi connectivity index (χ4n) is 4.81. The lowest BCUT2D eigenvalue weighted by atomic mass is 9.96. The molecule has 0 radical (unpaired) electrons. The first kappa shape index (κ1) is 15.0. The second-order valence-electron chi connectivity index (χ2n) is 7.44. The van der Waals surface area contributed by atoms with Crippen molar-refractivity contribution in [3.05, 3.63) is 24.5 Å². The zero-order valence-electron chi connectivity index (χ0n) is 13.7. The maximum absolute atomic E-state index is 12.8. The highest BCUT2D eigenvalue weighted by atomic mass is 16.5. The second-order valence-corrected chi connectivity index (χ2v) is 7.44. The van der Waals surface area contributed by atoms with Crippen LogP contribution in [0.15, 0.2) is 24.5 Å². The van der Waals surface area contributed by atoms with Gasteiger partial charge in [0.1, 0.15) is 11.9 Å². The maximum atomic E-state index is 12.8. The van der Waals surface area contributed by atoms with Crippen molar-refractivity contribution < 1.29 is 9.53 Å². The lowest BCUT2D eigenvalue weighted by Gasteiger charge is -2.39. The number of ether oxygens (including phenoxy) is 1. The highest BCUT2D eigenvalue weighted by Gasteiger charge is 2.44. The monoisotopic (exact) mass is 314 g/mol. The van der Waals surface area contributed by atoms with Gasteiger partial charge in [0.2, 0.25) is 5.91 Å². The molecule has 124 valence electrons. The van der Waals surface area contributed by atoms with Gasteiger partial charge in [-0.3, -0.25) is 9.78 Å². The fraction of sp³-hybridized carbons (Fsp3) is 0.684. The molecule has 2 bridgehead atoms. The number of aromatic nitrogens is 1. The molecular weight excluding hydrogens is 288 g/mol. The first-order valence-corrected chi connectivity index (χ1v) is 9.17. The van der Waals surface area contributed by atoms with E-state index in [9.17, 15) is 4.79 Å². The van der Waals surface area contributed by atoms with Crippen LogP contribution in [0.4, 0.5) is 0 Å². The number of carbonyl (C=O) groups is 1. The number of rotatable bonds is 4. The van der Waals surface area contributed by atoms with Crippen LogP contribution in [0.2, 0.25) is 0 Å². The van der Waals surface area contributed by atoms with E-state index < -0.39 is 0 Å². The number of carbonyl (C=O) groups excluding carboxylic acids is 1. The summed E-state index contributed by atoms with van der Waals surface area (Å²) in [7, 11) is 0. The third kappa shape index (κ3) is 3.22. The van der Waals surface area contributed by atoms with Gasteiger partial charge in [-0.1, -0.05) is 12.8 Å². The predicted octanol–water partition coefficient (Wildman–Crippen LogP) is 3.56. The molecule has 3 heterocycles. The summed E-state index contributed by atoms with van der Waals surface area (Å²) in [6, 6.07) is 4.66. The summed E-state index contributed by atoms with van der Waals surface area (Å²) in [6.07, 6.45) is 13.9. The Morgan fingerprint density at radius 2 is 1.91 bits per heavy atom. The standard InChI is InChI=1S/C19H26N2O2/c22-19(10-14-4-1-2-5-14)21-15-7-8-16(21)12-18(11-15)23-17-6-3-9-20-13-17/h3,6,9,13-16,18H,1-2,4-5,7-8,10-12H2. The van der Waals surface area contributed by atoms with Gasteiger partial charge in [-0.2, -0.15) is 0 Å². The van der Waals surface area contributed by atoms with Crippen molar-refractivity contribution >= 4 is 5.91 Å². The van der Waals surface area contributed by atoms with E-state index >= 15 is 0 Å². The molecule has 0 spiro atoms. The van der Waals surface area contributed by atoms with Crippen LogP contribution >= 0.6 is 0 Å². The van der Waals surface area contributed by atoms with Crippen molar-refractivity contribution in [3.63, 3.8) is 0 Å². The molecule has 0 aromatic carbocycles. The van der Waals surface area contributed by atoms with Crippen LogP contribution in [-0.4, -0.2) is 34.0 Å². The molecule has 4 rings (SSSR count). The largest absolute Gasteiger partial charge is 0.489 e. The lowest BCUT2D eigenvalue weighted by molar-refractivity contribution is -0.138. The predicted molar refractivity (Wildman–Crippen MR) is 88.1 cm³/mol. The molecule has 1 aromatic heterocycles. The number of nitrogens with zero attached hydrogens (tertiary/aromatic N) is 2. The fourth-order valence-corrected chi connectivity index (χ4v) is 4.81. The summed E-state index contributed by atoms with van der Waals surface area (Å²) in [5.41, 5.74) is 0. The molecule has 2 aliphatic heterocycles. The van der Waals surface area contributed by atoms with Gasteiger partial charge in [0.25, 0.3) is 0 Å². The number of piperidine rings is 1. The number of hydrogen-bond donors (Lipinski definition) is 0. The van der Waals surface area contributed by atoms with E-state index in [2.05, 4.69) is 9.88 Å². The van der Waals surface area contributed by atoms with Crippen LogP contribution in [0.1, 0.15) is 57.8 Å². The molecule has 2 unspecified atom stereocenters. The molecule has 1 saturated carbocycles. The Labute approximate surface area is 138 Å². The molecule has 1 aliphatic carbocycles. The van der Waals surface area contributed by atoms with Gasteiger partial charge in [0.05, 0.1) is 6.20 Å². The van der Waals surface area contributed by atoms with Gasteiger partial charge in [0.15, 0.2) is 0 Å². The maximum Gasteiger partial charge on any atom is 0.223 e.